The van der Waals surface area contributed by atoms with Crippen molar-refractivity contribution in [3.05, 3.63) is 0 Å². The zero-order valence-electron chi connectivity index (χ0n) is 8.14. The molecule has 1 unspecified atom stereocenters. The van der Waals surface area contributed by atoms with E-state index < -0.39 is 18.0 Å². The van der Waals surface area contributed by atoms with Crippen LogP contribution in [-0.2, 0) is 9.59 Å². The van der Waals surface area contributed by atoms with Crippen LogP contribution in [0.4, 0.5) is 0 Å². The summed E-state index contributed by atoms with van der Waals surface area (Å²) >= 11 is 0. The predicted molar refractivity (Wildman–Crippen MR) is 50.0 cm³/mol. The molecule has 0 bridgehead atoms. The maximum Gasteiger partial charge on any atom is 0.320 e. The summed E-state index contributed by atoms with van der Waals surface area (Å²) in [5.74, 6) is -1.91. The third kappa shape index (κ3) is 4.78. The normalized spacial score (nSPS) is 12.8. The predicted octanol–water partition coefficient (Wildman–Crippen LogP) is -0.805. The molecule has 82 valence electrons. The van der Waals surface area contributed by atoms with Gasteiger partial charge in [0.05, 0.1) is 6.42 Å². The van der Waals surface area contributed by atoms with E-state index in [1.165, 1.54) is 11.8 Å². The molecule has 0 radical (unpaired) electrons. The fraction of sp³-hybridized carbons (Fsp3) is 0.750. The number of rotatable bonds is 7. The van der Waals surface area contributed by atoms with Crippen LogP contribution in [0.15, 0.2) is 0 Å². The SMILES string of the molecule is CC(C(=O)O)N(CCN)CCC(=O)O. The van der Waals surface area contributed by atoms with Gasteiger partial charge in [0.15, 0.2) is 0 Å². The fourth-order valence-corrected chi connectivity index (χ4v) is 1.06. The summed E-state index contributed by atoms with van der Waals surface area (Å²) in [6.45, 7) is 2.43. The number of hydrogen-bond donors (Lipinski definition) is 3. The molecule has 0 aliphatic rings. The number of nitrogens with two attached hydrogens (primary N) is 1. The molecule has 6 heteroatoms. The first-order valence-corrected chi connectivity index (χ1v) is 4.37. The topological polar surface area (TPSA) is 104 Å². The van der Waals surface area contributed by atoms with Crippen molar-refractivity contribution in [2.75, 3.05) is 19.6 Å². The molecule has 0 rings (SSSR count). The van der Waals surface area contributed by atoms with Crippen molar-refractivity contribution in [2.24, 2.45) is 5.73 Å². The summed E-state index contributed by atoms with van der Waals surface area (Å²) < 4.78 is 0. The number of hydrogen-bond acceptors (Lipinski definition) is 4. The Morgan fingerprint density at radius 2 is 1.93 bits per heavy atom. The third-order valence-corrected chi connectivity index (χ3v) is 1.93. The number of carboxylic acid groups (broad SMARTS) is 2. The lowest BCUT2D eigenvalue weighted by molar-refractivity contribution is -0.144. The maximum absolute atomic E-state index is 10.6. The minimum atomic E-state index is -0.969. The Balaban J connectivity index is 4.13. The zero-order valence-corrected chi connectivity index (χ0v) is 8.14. The van der Waals surface area contributed by atoms with Gasteiger partial charge in [-0.3, -0.25) is 14.5 Å². The van der Waals surface area contributed by atoms with Crippen LogP contribution < -0.4 is 5.73 Å². The highest BCUT2D eigenvalue weighted by Crippen LogP contribution is 2.00. The van der Waals surface area contributed by atoms with E-state index in [0.29, 0.717) is 13.1 Å². The summed E-state index contributed by atoms with van der Waals surface area (Å²) in [5, 5.41) is 17.2. The highest BCUT2D eigenvalue weighted by Gasteiger charge is 2.19. The number of aliphatic carboxylic acids is 2. The standard InChI is InChI=1S/C8H16N2O4/c1-6(8(13)14)10(5-3-9)4-2-7(11)12/h6H,2-5,9H2,1H3,(H,11,12)(H,13,14). The Morgan fingerprint density at radius 3 is 2.29 bits per heavy atom. The lowest BCUT2D eigenvalue weighted by atomic mass is 10.2. The molecule has 14 heavy (non-hydrogen) atoms. The lowest BCUT2D eigenvalue weighted by Crippen LogP contribution is -2.42. The van der Waals surface area contributed by atoms with Gasteiger partial charge in [-0.15, -0.1) is 0 Å². The van der Waals surface area contributed by atoms with Gasteiger partial charge >= 0.3 is 11.9 Å². The molecule has 0 spiro atoms. The van der Waals surface area contributed by atoms with Gasteiger partial charge in [-0.25, -0.2) is 0 Å². The van der Waals surface area contributed by atoms with E-state index in [1.807, 2.05) is 0 Å². The van der Waals surface area contributed by atoms with Gasteiger partial charge in [0.2, 0.25) is 0 Å². The molecule has 0 aromatic rings. The van der Waals surface area contributed by atoms with E-state index in [9.17, 15) is 9.59 Å². The van der Waals surface area contributed by atoms with Crippen molar-refractivity contribution in [3.8, 4) is 0 Å². The molecule has 0 aliphatic heterocycles. The molecule has 0 saturated heterocycles. The van der Waals surface area contributed by atoms with Crippen LogP contribution in [0.5, 0.6) is 0 Å². The second kappa shape index (κ2) is 6.33. The van der Waals surface area contributed by atoms with Gasteiger partial charge < -0.3 is 15.9 Å². The molecule has 0 saturated carbocycles. The maximum atomic E-state index is 10.6. The minimum Gasteiger partial charge on any atom is -0.481 e. The van der Waals surface area contributed by atoms with Crippen LogP contribution in [-0.4, -0.2) is 52.7 Å². The van der Waals surface area contributed by atoms with Crippen molar-refractivity contribution >= 4 is 11.9 Å². The van der Waals surface area contributed by atoms with Crippen LogP contribution in [0, 0.1) is 0 Å². The monoisotopic (exact) mass is 204 g/mol. The zero-order chi connectivity index (χ0) is 11.1. The average molecular weight is 204 g/mol. The Hall–Kier alpha value is -1.14. The highest BCUT2D eigenvalue weighted by atomic mass is 16.4. The highest BCUT2D eigenvalue weighted by molar-refractivity contribution is 5.73. The second-order valence-electron chi connectivity index (χ2n) is 2.98. The lowest BCUT2D eigenvalue weighted by Gasteiger charge is -2.24. The first kappa shape index (κ1) is 12.9. The average Bonchev–Trinajstić information content (AvgIpc) is 2.10. The molecule has 0 amide bonds. The van der Waals surface area contributed by atoms with E-state index >= 15 is 0 Å². The van der Waals surface area contributed by atoms with Gasteiger partial charge in [0, 0.05) is 19.6 Å². The van der Waals surface area contributed by atoms with Crippen LogP contribution in [0.1, 0.15) is 13.3 Å². The molecule has 6 nitrogen and oxygen atoms in total. The molecule has 4 N–H and O–H groups in total. The summed E-state index contributed by atoms with van der Waals surface area (Å²) in [4.78, 5) is 22.5. The van der Waals surface area contributed by atoms with Crippen LogP contribution in [0.25, 0.3) is 0 Å². The van der Waals surface area contributed by atoms with Crippen molar-refractivity contribution < 1.29 is 19.8 Å². The van der Waals surface area contributed by atoms with Gasteiger partial charge in [-0.05, 0) is 6.92 Å². The Kier molecular flexibility index (Phi) is 5.82. The van der Waals surface area contributed by atoms with E-state index in [-0.39, 0.29) is 13.0 Å². The van der Waals surface area contributed by atoms with Gasteiger partial charge in [-0.2, -0.15) is 0 Å². The first-order chi connectivity index (χ1) is 6.49. The molecule has 0 aromatic heterocycles. The van der Waals surface area contributed by atoms with Crippen LogP contribution >= 0.6 is 0 Å². The van der Waals surface area contributed by atoms with Gasteiger partial charge in [0.1, 0.15) is 6.04 Å². The van der Waals surface area contributed by atoms with Crippen molar-refractivity contribution in [1.82, 2.24) is 4.90 Å². The smallest absolute Gasteiger partial charge is 0.320 e. The number of carbonyl (C=O) groups is 2. The Bertz CT molecular complexity index is 208. The Labute approximate surface area is 82.3 Å². The largest absolute Gasteiger partial charge is 0.481 e. The molecule has 0 aromatic carbocycles. The van der Waals surface area contributed by atoms with E-state index in [2.05, 4.69) is 0 Å². The molecule has 0 fully saturated rings. The quantitative estimate of drug-likeness (QED) is 0.501. The van der Waals surface area contributed by atoms with Crippen molar-refractivity contribution in [3.63, 3.8) is 0 Å². The Morgan fingerprint density at radius 1 is 1.36 bits per heavy atom. The summed E-state index contributed by atoms with van der Waals surface area (Å²) in [6, 6.07) is -0.696. The van der Waals surface area contributed by atoms with Gasteiger partial charge in [0.25, 0.3) is 0 Å². The summed E-state index contributed by atoms with van der Waals surface area (Å²) in [7, 11) is 0. The molecule has 0 heterocycles. The van der Waals surface area contributed by atoms with Crippen LogP contribution in [0.3, 0.4) is 0 Å². The second-order valence-corrected chi connectivity index (χ2v) is 2.98. The molecular formula is C8H16N2O4. The van der Waals surface area contributed by atoms with Crippen LogP contribution in [0.2, 0.25) is 0 Å². The van der Waals surface area contributed by atoms with Gasteiger partial charge in [-0.1, -0.05) is 0 Å². The molecule has 0 aliphatic carbocycles. The van der Waals surface area contributed by atoms with Crippen molar-refractivity contribution in [2.45, 2.75) is 19.4 Å². The minimum absolute atomic E-state index is 0.0718. The van der Waals surface area contributed by atoms with E-state index in [4.69, 9.17) is 15.9 Å². The fourth-order valence-electron chi connectivity index (χ4n) is 1.06. The molecule has 1 atom stereocenters. The van der Waals surface area contributed by atoms with E-state index in [1.54, 1.807) is 0 Å². The number of nitrogens with zero attached hydrogens (tertiary/aromatic N) is 1. The van der Waals surface area contributed by atoms with E-state index in [0.717, 1.165) is 0 Å². The summed E-state index contributed by atoms with van der Waals surface area (Å²) in [5.41, 5.74) is 5.29. The third-order valence-electron chi connectivity index (χ3n) is 1.93. The first-order valence-electron chi connectivity index (χ1n) is 4.37. The van der Waals surface area contributed by atoms with Crippen molar-refractivity contribution in [1.29, 1.82) is 0 Å². The molecular weight excluding hydrogens is 188 g/mol. The number of carboxylic acids is 2. The summed E-state index contributed by atoms with van der Waals surface area (Å²) in [6.07, 6.45) is -0.0718.